The van der Waals surface area contributed by atoms with Crippen molar-refractivity contribution in [1.82, 2.24) is 0 Å². The molecule has 5 heteroatoms. The van der Waals surface area contributed by atoms with Crippen molar-refractivity contribution in [2.75, 3.05) is 26.4 Å². The predicted molar refractivity (Wildman–Crippen MR) is 102 cm³/mol. The largest absolute Gasteiger partial charge is 0.382 e. The Hall–Kier alpha value is 0.717. The van der Waals surface area contributed by atoms with Crippen LogP contribution in [0.1, 0.15) is 71.1 Å². The first-order valence-electron chi connectivity index (χ1n) is 9.09. The van der Waals surface area contributed by atoms with Crippen LogP contribution < -0.4 is 0 Å². The summed E-state index contributed by atoms with van der Waals surface area (Å²) in [6.07, 6.45) is 12.8. The van der Waals surface area contributed by atoms with Gasteiger partial charge >= 0.3 is 0 Å². The van der Waals surface area contributed by atoms with Gasteiger partial charge in [0.1, 0.15) is 0 Å². The van der Waals surface area contributed by atoms with Crippen molar-refractivity contribution in [1.29, 1.82) is 0 Å². The molecule has 0 N–H and O–H groups in total. The fourth-order valence-corrected chi connectivity index (χ4v) is 4.06. The van der Waals surface area contributed by atoms with Gasteiger partial charge < -0.3 is 9.47 Å². The molecule has 22 heavy (non-hydrogen) atoms. The van der Waals surface area contributed by atoms with E-state index < -0.39 is 6.69 Å². The first-order chi connectivity index (χ1) is 10.6. The van der Waals surface area contributed by atoms with Crippen LogP contribution in [0.2, 0.25) is 12.6 Å². The van der Waals surface area contributed by atoms with E-state index in [0.717, 1.165) is 38.9 Å². The third-order valence-electron chi connectivity index (χ3n) is 3.69. The maximum Gasteiger partial charge on any atom is 0.248 e. The number of halogens is 2. The van der Waals surface area contributed by atoms with Crippen LogP contribution in [0.4, 0.5) is 0 Å². The molecule has 0 unspecified atom stereocenters. The van der Waals surface area contributed by atoms with Gasteiger partial charge in [0.05, 0.1) is 0 Å². The van der Waals surface area contributed by atoms with Crippen molar-refractivity contribution in [2.24, 2.45) is 0 Å². The summed E-state index contributed by atoms with van der Waals surface area (Å²) >= 11 is 12.2. The highest BCUT2D eigenvalue weighted by molar-refractivity contribution is 7.44. The molecule has 0 saturated heterocycles. The molecule has 134 valence electrons. The van der Waals surface area contributed by atoms with Crippen LogP contribution >= 0.6 is 22.2 Å². The number of unbranched alkanes of at least 4 members (excludes halogenated alkanes) is 8. The standard InChI is InChI=1S/C17H36Cl2O2Si/c1-3-20-15-13-16-21-14-11-9-7-5-4-6-8-10-12-17-22(2,18)19/h3-17H2,1-2H3. The lowest BCUT2D eigenvalue weighted by Gasteiger charge is -2.09. The van der Waals surface area contributed by atoms with Crippen LogP contribution in [0.25, 0.3) is 0 Å². The third kappa shape index (κ3) is 20.7. The summed E-state index contributed by atoms with van der Waals surface area (Å²) in [5.74, 6) is 0. The minimum absolute atomic E-state index is 0.806. The summed E-state index contributed by atoms with van der Waals surface area (Å²) < 4.78 is 10.8. The first kappa shape index (κ1) is 22.7. The monoisotopic (exact) mass is 370 g/mol. The van der Waals surface area contributed by atoms with Gasteiger partial charge in [-0.25, -0.2) is 0 Å². The summed E-state index contributed by atoms with van der Waals surface area (Å²) in [6.45, 7) is 5.58. The van der Waals surface area contributed by atoms with E-state index in [0.29, 0.717) is 0 Å². The van der Waals surface area contributed by atoms with Crippen LogP contribution in [-0.2, 0) is 9.47 Å². The molecule has 0 bridgehead atoms. The normalized spacial score (nSPS) is 12.0. The van der Waals surface area contributed by atoms with Gasteiger partial charge in [-0.15, -0.1) is 22.2 Å². The zero-order valence-corrected chi connectivity index (χ0v) is 17.2. The molecule has 0 aliphatic carbocycles. The molecule has 0 heterocycles. The van der Waals surface area contributed by atoms with Gasteiger partial charge in [-0.3, -0.25) is 0 Å². The van der Waals surface area contributed by atoms with Gasteiger partial charge in [0.25, 0.3) is 0 Å². The Labute approximate surface area is 148 Å². The van der Waals surface area contributed by atoms with Gasteiger partial charge in [0.2, 0.25) is 6.69 Å². The number of ether oxygens (including phenoxy) is 2. The number of hydrogen-bond donors (Lipinski definition) is 0. The van der Waals surface area contributed by atoms with Crippen LogP contribution in [-0.4, -0.2) is 33.1 Å². The SMILES string of the molecule is CCOCCCOCCCCCCCCCCC[Si](C)(Cl)Cl. The van der Waals surface area contributed by atoms with Gasteiger partial charge in [-0.05, 0) is 32.4 Å². The lowest BCUT2D eigenvalue weighted by Crippen LogP contribution is -2.11. The maximum absolute atomic E-state index is 6.09. The summed E-state index contributed by atoms with van der Waals surface area (Å²) in [6, 6.07) is 1.04. The van der Waals surface area contributed by atoms with Crippen molar-refractivity contribution in [3.8, 4) is 0 Å². The third-order valence-corrected chi connectivity index (χ3v) is 6.05. The number of hydrogen-bond acceptors (Lipinski definition) is 2. The topological polar surface area (TPSA) is 18.5 Å². The molecule has 0 aliphatic heterocycles. The van der Waals surface area contributed by atoms with Crippen molar-refractivity contribution in [3.63, 3.8) is 0 Å². The highest BCUT2D eigenvalue weighted by atomic mass is 35.7. The molecule has 0 fully saturated rings. The quantitative estimate of drug-likeness (QED) is 0.165. The lowest BCUT2D eigenvalue weighted by molar-refractivity contribution is 0.0860. The van der Waals surface area contributed by atoms with E-state index in [1.807, 2.05) is 13.5 Å². The van der Waals surface area contributed by atoms with E-state index in [2.05, 4.69) is 0 Å². The van der Waals surface area contributed by atoms with E-state index in [-0.39, 0.29) is 0 Å². The Kier molecular flexibility index (Phi) is 17.1. The van der Waals surface area contributed by atoms with Gasteiger partial charge in [-0.2, -0.15) is 0 Å². The Morgan fingerprint density at radius 2 is 1.09 bits per heavy atom. The molecule has 0 spiro atoms. The van der Waals surface area contributed by atoms with Crippen molar-refractivity contribution < 1.29 is 9.47 Å². The van der Waals surface area contributed by atoms with Crippen LogP contribution in [0.3, 0.4) is 0 Å². The van der Waals surface area contributed by atoms with Crippen LogP contribution in [0, 0.1) is 0 Å². The Balaban J connectivity index is 3.00. The van der Waals surface area contributed by atoms with Crippen LogP contribution in [0.5, 0.6) is 0 Å². The maximum atomic E-state index is 6.09. The van der Waals surface area contributed by atoms with E-state index in [1.54, 1.807) is 0 Å². The molecular weight excluding hydrogens is 335 g/mol. The van der Waals surface area contributed by atoms with Gasteiger partial charge in [0.15, 0.2) is 0 Å². The molecule has 0 aromatic heterocycles. The van der Waals surface area contributed by atoms with E-state index in [4.69, 9.17) is 31.6 Å². The van der Waals surface area contributed by atoms with Gasteiger partial charge in [-0.1, -0.05) is 51.4 Å². The minimum Gasteiger partial charge on any atom is -0.382 e. The van der Waals surface area contributed by atoms with E-state index in [1.165, 1.54) is 57.8 Å². The molecule has 0 atom stereocenters. The van der Waals surface area contributed by atoms with Crippen molar-refractivity contribution in [3.05, 3.63) is 0 Å². The van der Waals surface area contributed by atoms with E-state index in [9.17, 15) is 0 Å². The summed E-state index contributed by atoms with van der Waals surface area (Å²) in [5, 5.41) is 0. The molecule has 2 nitrogen and oxygen atoms in total. The molecule has 0 aromatic rings. The summed E-state index contributed by atoms with van der Waals surface area (Å²) in [7, 11) is 0. The average Bonchev–Trinajstić information content (AvgIpc) is 2.45. The highest BCUT2D eigenvalue weighted by Crippen LogP contribution is 2.23. The first-order valence-corrected chi connectivity index (χ1v) is 13.8. The Morgan fingerprint density at radius 3 is 1.64 bits per heavy atom. The highest BCUT2D eigenvalue weighted by Gasteiger charge is 2.19. The van der Waals surface area contributed by atoms with Crippen molar-refractivity contribution >= 4 is 28.9 Å². The zero-order valence-electron chi connectivity index (χ0n) is 14.7. The molecule has 0 rings (SSSR count). The lowest BCUT2D eigenvalue weighted by atomic mass is 10.1. The molecule has 0 aromatic carbocycles. The summed E-state index contributed by atoms with van der Waals surface area (Å²) in [5.41, 5.74) is 0. The van der Waals surface area contributed by atoms with E-state index >= 15 is 0 Å². The Bertz CT molecular complexity index is 223. The second-order valence-corrected chi connectivity index (χ2v) is 14.4. The molecule has 0 aliphatic rings. The molecule has 0 radical (unpaired) electrons. The van der Waals surface area contributed by atoms with Crippen LogP contribution in [0.15, 0.2) is 0 Å². The van der Waals surface area contributed by atoms with Gasteiger partial charge in [0, 0.05) is 26.4 Å². The second-order valence-electron chi connectivity index (χ2n) is 6.17. The molecular formula is C17H36Cl2O2Si. The minimum atomic E-state index is -1.84. The fourth-order valence-electron chi connectivity index (χ4n) is 2.39. The number of rotatable bonds is 17. The zero-order chi connectivity index (χ0) is 16.5. The second kappa shape index (κ2) is 16.6. The average molecular weight is 371 g/mol. The summed E-state index contributed by atoms with van der Waals surface area (Å²) in [4.78, 5) is 0. The predicted octanol–water partition coefficient (Wildman–Crippen LogP) is 6.49. The molecule has 0 saturated carbocycles. The smallest absolute Gasteiger partial charge is 0.248 e. The fraction of sp³-hybridized carbons (Fsp3) is 1.00. The molecule has 0 amide bonds. The van der Waals surface area contributed by atoms with Crippen molar-refractivity contribution in [2.45, 2.75) is 83.7 Å². The Morgan fingerprint density at radius 1 is 0.636 bits per heavy atom.